The number of hydrogen-bond donors (Lipinski definition) is 0. The Morgan fingerprint density at radius 2 is 1.70 bits per heavy atom. The van der Waals surface area contributed by atoms with Crippen molar-refractivity contribution in [2.24, 2.45) is 5.92 Å². The lowest BCUT2D eigenvalue weighted by Crippen LogP contribution is -2.00. The van der Waals surface area contributed by atoms with E-state index >= 15 is 0 Å². The quantitative estimate of drug-likeness (QED) is 0.468. The second kappa shape index (κ2) is 10.1. The number of hydrogen-bond acceptors (Lipinski definition) is 1. The summed E-state index contributed by atoms with van der Waals surface area (Å²) in [6.07, 6.45) is 19.2. The molecule has 1 aliphatic rings. The van der Waals surface area contributed by atoms with Crippen molar-refractivity contribution >= 4 is 5.57 Å². The Morgan fingerprint density at radius 1 is 1.00 bits per heavy atom. The molecule has 122 valence electrons. The van der Waals surface area contributed by atoms with Gasteiger partial charge in [-0.25, -0.2) is 0 Å². The van der Waals surface area contributed by atoms with Gasteiger partial charge in [-0.15, -0.1) is 0 Å². The van der Waals surface area contributed by atoms with Gasteiger partial charge in [0, 0.05) is 0 Å². The van der Waals surface area contributed by atoms with E-state index in [1.54, 1.807) is 0 Å². The Morgan fingerprint density at radius 3 is 2.30 bits per heavy atom. The van der Waals surface area contributed by atoms with Crippen molar-refractivity contribution in [2.45, 2.75) is 64.7 Å². The minimum Gasteiger partial charge on any atom is -0.192 e. The van der Waals surface area contributed by atoms with Gasteiger partial charge in [-0.05, 0) is 42.0 Å². The maximum atomic E-state index is 8.86. The Bertz CT molecular complexity index is 557. The lowest BCUT2D eigenvalue weighted by molar-refractivity contribution is 0.517. The predicted molar refractivity (Wildman–Crippen MR) is 99.0 cm³/mol. The zero-order valence-corrected chi connectivity index (χ0v) is 14.4. The highest BCUT2D eigenvalue weighted by Gasteiger charge is 2.09. The standard InChI is InChI=1S/C22H29N/c1-2-3-4-5-6-7-8-9-19-10-14-21(15-11-19)22-16-12-20(18-23)13-17-22/h10,12-17,19H,2-9,11H2,1H3. The summed E-state index contributed by atoms with van der Waals surface area (Å²) in [6.45, 7) is 2.27. The minimum absolute atomic E-state index is 0.716. The molecule has 1 aromatic carbocycles. The van der Waals surface area contributed by atoms with Crippen LogP contribution in [0.4, 0.5) is 0 Å². The zero-order valence-electron chi connectivity index (χ0n) is 14.4. The number of nitrogens with zero attached hydrogens (tertiary/aromatic N) is 1. The van der Waals surface area contributed by atoms with E-state index in [1.807, 2.05) is 24.3 Å². The van der Waals surface area contributed by atoms with Gasteiger partial charge in [-0.3, -0.25) is 0 Å². The highest BCUT2D eigenvalue weighted by molar-refractivity contribution is 5.75. The minimum atomic E-state index is 0.716. The Labute approximate surface area is 141 Å². The fourth-order valence-electron chi connectivity index (χ4n) is 3.19. The molecule has 1 aliphatic carbocycles. The van der Waals surface area contributed by atoms with Crippen LogP contribution in [0.3, 0.4) is 0 Å². The Hall–Kier alpha value is -1.81. The normalized spacial score (nSPS) is 16.9. The topological polar surface area (TPSA) is 23.8 Å². The highest BCUT2D eigenvalue weighted by Crippen LogP contribution is 2.27. The average molecular weight is 307 g/mol. The molecule has 0 radical (unpaired) electrons. The molecule has 1 unspecified atom stereocenters. The number of rotatable bonds is 9. The molecule has 0 aromatic heterocycles. The van der Waals surface area contributed by atoms with Crippen molar-refractivity contribution in [3.8, 4) is 6.07 Å². The predicted octanol–water partition coefficient (Wildman–Crippen LogP) is 6.66. The van der Waals surface area contributed by atoms with Gasteiger partial charge in [0.1, 0.15) is 0 Å². The van der Waals surface area contributed by atoms with E-state index < -0.39 is 0 Å². The van der Waals surface area contributed by atoms with Gasteiger partial charge < -0.3 is 0 Å². The number of benzene rings is 1. The van der Waals surface area contributed by atoms with E-state index in [2.05, 4.69) is 31.2 Å². The zero-order chi connectivity index (χ0) is 16.3. The van der Waals surface area contributed by atoms with Gasteiger partial charge in [0.15, 0.2) is 0 Å². The number of allylic oxidation sites excluding steroid dienone is 4. The molecule has 0 amide bonds. The second-order valence-corrected chi connectivity index (χ2v) is 6.61. The summed E-state index contributed by atoms with van der Waals surface area (Å²) in [5, 5.41) is 8.86. The smallest absolute Gasteiger partial charge is 0.0991 e. The van der Waals surface area contributed by atoms with Crippen LogP contribution in [0.5, 0.6) is 0 Å². The lowest BCUT2D eigenvalue weighted by atomic mass is 9.89. The van der Waals surface area contributed by atoms with Crippen molar-refractivity contribution in [3.05, 3.63) is 53.6 Å². The highest BCUT2D eigenvalue weighted by atomic mass is 14.2. The van der Waals surface area contributed by atoms with Crippen molar-refractivity contribution < 1.29 is 0 Å². The largest absolute Gasteiger partial charge is 0.192 e. The van der Waals surface area contributed by atoms with Gasteiger partial charge >= 0.3 is 0 Å². The molecule has 0 heterocycles. The van der Waals surface area contributed by atoms with Crippen LogP contribution in [0.25, 0.3) is 5.57 Å². The molecule has 23 heavy (non-hydrogen) atoms. The Balaban J connectivity index is 1.68. The number of nitriles is 1. The van der Waals surface area contributed by atoms with E-state index in [4.69, 9.17) is 5.26 Å². The van der Waals surface area contributed by atoms with E-state index in [9.17, 15) is 0 Å². The maximum absolute atomic E-state index is 8.86. The molecule has 0 spiro atoms. The first-order valence-electron chi connectivity index (χ1n) is 9.22. The third-order valence-electron chi connectivity index (χ3n) is 4.71. The fraction of sp³-hybridized carbons (Fsp3) is 0.500. The molecule has 1 nitrogen and oxygen atoms in total. The van der Waals surface area contributed by atoms with E-state index in [-0.39, 0.29) is 0 Å². The summed E-state index contributed by atoms with van der Waals surface area (Å²) in [5.41, 5.74) is 3.24. The van der Waals surface area contributed by atoms with Crippen LogP contribution in [-0.4, -0.2) is 0 Å². The summed E-state index contributed by atoms with van der Waals surface area (Å²) in [4.78, 5) is 0. The maximum Gasteiger partial charge on any atom is 0.0991 e. The first-order chi connectivity index (χ1) is 11.3. The van der Waals surface area contributed by atoms with Crippen LogP contribution < -0.4 is 0 Å². The average Bonchev–Trinajstić information content (AvgIpc) is 2.61. The monoisotopic (exact) mass is 307 g/mol. The molecule has 0 bridgehead atoms. The Kier molecular flexibility index (Phi) is 7.67. The molecule has 1 atom stereocenters. The van der Waals surface area contributed by atoms with Crippen molar-refractivity contribution in [3.63, 3.8) is 0 Å². The summed E-state index contributed by atoms with van der Waals surface area (Å²) in [5.74, 6) is 0.716. The van der Waals surface area contributed by atoms with Crippen LogP contribution in [0, 0.1) is 17.2 Å². The van der Waals surface area contributed by atoms with Gasteiger partial charge in [-0.1, -0.05) is 82.2 Å². The first-order valence-corrected chi connectivity index (χ1v) is 9.22. The third kappa shape index (κ3) is 6.06. The van der Waals surface area contributed by atoms with E-state index in [1.165, 1.54) is 62.5 Å². The van der Waals surface area contributed by atoms with Gasteiger partial charge in [-0.2, -0.15) is 5.26 Å². The van der Waals surface area contributed by atoms with Gasteiger partial charge in [0.25, 0.3) is 0 Å². The SMILES string of the molecule is CCCCCCCCCC1C=CC(c2ccc(C#N)cc2)=CC1. The summed E-state index contributed by atoms with van der Waals surface area (Å²) in [6, 6.07) is 10.1. The fourth-order valence-corrected chi connectivity index (χ4v) is 3.19. The van der Waals surface area contributed by atoms with Crippen LogP contribution in [-0.2, 0) is 0 Å². The van der Waals surface area contributed by atoms with E-state index in [0.29, 0.717) is 5.92 Å². The second-order valence-electron chi connectivity index (χ2n) is 6.61. The summed E-state index contributed by atoms with van der Waals surface area (Å²) < 4.78 is 0. The van der Waals surface area contributed by atoms with Crippen molar-refractivity contribution in [2.75, 3.05) is 0 Å². The molecule has 1 aromatic rings. The van der Waals surface area contributed by atoms with E-state index in [0.717, 1.165) is 12.0 Å². The molecule has 0 fully saturated rings. The van der Waals surface area contributed by atoms with Gasteiger partial charge in [0.05, 0.1) is 11.6 Å². The summed E-state index contributed by atoms with van der Waals surface area (Å²) >= 11 is 0. The third-order valence-corrected chi connectivity index (χ3v) is 4.71. The molecule has 1 heteroatoms. The summed E-state index contributed by atoms with van der Waals surface area (Å²) in [7, 11) is 0. The van der Waals surface area contributed by atoms with Crippen molar-refractivity contribution in [1.29, 1.82) is 5.26 Å². The molecule has 0 aliphatic heterocycles. The van der Waals surface area contributed by atoms with Crippen LogP contribution >= 0.6 is 0 Å². The van der Waals surface area contributed by atoms with Crippen LogP contribution in [0.1, 0.15) is 75.8 Å². The van der Waals surface area contributed by atoms with Gasteiger partial charge in [0.2, 0.25) is 0 Å². The molecule has 0 saturated heterocycles. The number of unbranched alkanes of at least 4 members (excludes halogenated alkanes) is 6. The van der Waals surface area contributed by atoms with Crippen molar-refractivity contribution in [1.82, 2.24) is 0 Å². The van der Waals surface area contributed by atoms with Crippen LogP contribution in [0.15, 0.2) is 42.5 Å². The molecular weight excluding hydrogens is 278 g/mol. The molecule has 0 N–H and O–H groups in total. The molecular formula is C22H29N. The lowest BCUT2D eigenvalue weighted by Gasteiger charge is -2.16. The molecule has 2 rings (SSSR count). The first kappa shape index (κ1) is 17.5. The molecule has 0 saturated carbocycles. The van der Waals surface area contributed by atoms with Crippen LogP contribution in [0.2, 0.25) is 0 Å².